The first-order valence-corrected chi connectivity index (χ1v) is 11.1. The van der Waals surface area contributed by atoms with E-state index in [4.69, 9.17) is 9.47 Å². The highest BCUT2D eigenvalue weighted by Gasteiger charge is 2.11. The van der Waals surface area contributed by atoms with Gasteiger partial charge in [0.15, 0.2) is 11.7 Å². The van der Waals surface area contributed by atoms with Crippen LogP contribution in [0.5, 0.6) is 11.5 Å². The lowest BCUT2D eigenvalue weighted by molar-refractivity contribution is -0.118. The van der Waals surface area contributed by atoms with Gasteiger partial charge in [-0.05, 0) is 48.2 Å². The van der Waals surface area contributed by atoms with Crippen LogP contribution in [0.25, 0.3) is 11.3 Å². The van der Waals surface area contributed by atoms with E-state index in [2.05, 4.69) is 31.1 Å². The van der Waals surface area contributed by atoms with Gasteiger partial charge in [0.25, 0.3) is 5.91 Å². The van der Waals surface area contributed by atoms with Crippen LogP contribution in [0.4, 0.5) is 5.13 Å². The van der Waals surface area contributed by atoms with E-state index in [-0.39, 0.29) is 12.5 Å². The van der Waals surface area contributed by atoms with Crippen LogP contribution in [0.3, 0.4) is 0 Å². The number of carbonyl (C=O) groups is 1. The van der Waals surface area contributed by atoms with Crippen molar-refractivity contribution in [2.75, 3.05) is 18.5 Å². The molecule has 1 heterocycles. The molecule has 1 aromatic heterocycles. The van der Waals surface area contributed by atoms with Gasteiger partial charge in [0, 0.05) is 10.9 Å². The van der Waals surface area contributed by atoms with Crippen LogP contribution in [-0.4, -0.2) is 24.1 Å². The summed E-state index contributed by atoms with van der Waals surface area (Å²) in [5.41, 5.74) is 2.89. The van der Waals surface area contributed by atoms with Crippen molar-refractivity contribution >= 4 is 22.4 Å². The van der Waals surface area contributed by atoms with E-state index in [1.165, 1.54) is 11.3 Å². The van der Waals surface area contributed by atoms with Crippen molar-refractivity contribution in [3.05, 3.63) is 59.5 Å². The lowest BCUT2D eigenvalue weighted by Crippen LogP contribution is -2.20. The predicted molar refractivity (Wildman–Crippen MR) is 123 cm³/mol. The quantitative estimate of drug-likeness (QED) is 0.398. The van der Waals surface area contributed by atoms with Crippen molar-refractivity contribution in [1.82, 2.24) is 4.98 Å². The van der Waals surface area contributed by atoms with E-state index < -0.39 is 0 Å². The van der Waals surface area contributed by atoms with Gasteiger partial charge < -0.3 is 9.47 Å². The predicted octanol–water partition coefficient (Wildman–Crippen LogP) is 6.13. The fourth-order valence-electron chi connectivity index (χ4n) is 2.91. The molecule has 5 nitrogen and oxygen atoms in total. The lowest BCUT2D eigenvalue weighted by Gasteiger charge is -2.13. The number of ether oxygens (including phenoxy) is 2. The third-order valence-corrected chi connectivity index (χ3v) is 5.32. The molecule has 0 bridgehead atoms. The second-order valence-electron chi connectivity index (χ2n) is 7.29. The summed E-state index contributed by atoms with van der Waals surface area (Å²) >= 11 is 1.39. The number of hydrogen-bond donors (Lipinski definition) is 1. The Morgan fingerprint density at radius 1 is 1.10 bits per heavy atom. The zero-order chi connectivity index (χ0) is 21.3. The number of amides is 1. The number of thiazole rings is 1. The van der Waals surface area contributed by atoms with Crippen molar-refractivity contribution < 1.29 is 14.3 Å². The number of carbonyl (C=O) groups excluding carboxylic acids is 1. The monoisotopic (exact) mass is 424 g/mol. The standard InChI is InChI=1S/C24H28N2O3S/c1-4-5-14-28-19-12-10-18(11-13-19)21-16-30-24(25-21)26-23(27)15-29-22-9-7-6-8-20(22)17(2)3/h6-13,16-17H,4-5,14-15H2,1-3H3,(H,25,26,27). The Labute approximate surface area is 182 Å². The Balaban J connectivity index is 1.54. The molecule has 0 atom stereocenters. The molecule has 0 aliphatic rings. The number of anilines is 1. The highest BCUT2D eigenvalue weighted by Crippen LogP contribution is 2.27. The summed E-state index contributed by atoms with van der Waals surface area (Å²) in [6, 6.07) is 15.6. The Morgan fingerprint density at radius 3 is 2.60 bits per heavy atom. The second-order valence-corrected chi connectivity index (χ2v) is 8.15. The van der Waals surface area contributed by atoms with Crippen LogP contribution >= 0.6 is 11.3 Å². The first-order chi connectivity index (χ1) is 14.6. The maximum absolute atomic E-state index is 12.3. The summed E-state index contributed by atoms with van der Waals surface area (Å²) in [5.74, 6) is 1.70. The molecule has 0 fully saturated rings. The van der Waals surface area contributed by atoms with Gasteiger partial charge in [0.1, 0.15) is 11.5 Å². The van der Waals surface area contributed by atoms with Gasteiger partial charge in [-0.2, -0.15) is 0 Å². The lowest BCUT2D eigenvalue weighted by atomic mass is 10.0. The summed E-state index contributed by atoms with van der Waals surface area (Å²) in [6.45, 7) is 7.02. The average Bonchev–Trinajstić information content (AvgIpc) is 3.21. The van der Waals surface area contributed by atoms with Crippen molar-refractivity contribution in [3.63, 3.8) is 0 Å². The fraction of sp³-hybridized carbons (Fsp3) is 0.333. The smallest absolute Gasteiger partial charge is 0.264 e. The molecule has 0 spiro atoms. The largest absolute Gasteiger partial charge is 0.494 e. The van der Waals surface area contributed by atoms with E-state index >= 15 is 0 Å². The first kappa shape index (κ1) is 21.8. The third kappa shape index (κ3) is 6.07. The van der Waals surface area contributed by atoms with Crippen molar-refractivity contribution in [1.29, 1.82) is 0 Å². The van der Waals surface area contributed by atoms with Crippen LogP contribution in [0.1, 0.15) is 45.1 Å². The number of hydrogen-bond acceptors (Lipinski definition) is 5. The minimum absolute atomic E-state index is 0.0531. The van der Waals surface area contributed by atoms with Crippen molar-refractivity contribution in [3.8, 4) is 22.8 Å². The molecule has 1 N–H and O–H groups in total. The van der Waals surface area contributed by atoms with Crippen LogP contribution in [0.2, 0.25) is 0 Å². The molecule has 6 heteroatoms. The molecule has 3 rings (SSSR count). The summed E-state index contributed by atoms with van der Waals surface area (Å²) in [6.07, 6.45) is 2.16. The van der Waals surface area contributed by atoms with Gasteiger partial charge in [0.05, 0.1) is 12.3 Å². The highest BCUT2D eigenvalue weighted by atomic mass is 32.1. The first-order valence-electron chi connectivity index (χ1n) is 10.3. The maximum Gasteiger partial charge on any atom is 0.264 e. The van der Waals surface area contributed by atoms with Gasteiger partial charge in [-0.3, -0.25) is 10.1 Å². The number of nitrogens with zero attached hydrogens (tertiary/aromatic N) is 1. The zero-order valence-electron chi connectivity index (χ0n) is 17.7. The summed E-state index contributed by atoms with van der Waals surface area (Å²) < 4.78 is 11.4. The van der Waals surface area contributed by atoms with Crippen LogP contribution < -0.4 is 14.8 Å². The molecule has 158 valence electrons. The van der Waals surface area contributed by atoms with Gasteiger partial charge >= 0.3 is 0 Å². The van der Waals surface area contributed by atoms with Gasteiger partial charge in [-0.15, -0.1) is 11.3 Å². The van der Waals surface area contributed by atoms with Crippen LogP contribution in [0.15, 0.2) is 53.9 Å². The minimum Gasteiger partial charge on any atom is -0.494 e. The molecule has 0 radical (unpaired) electrons. The number of benzene rings is 2. The summed E-state index contributed by atoms with van der Waals surface area (Å²) in [7, 11) is 0. The highest BCUT2D eigenvalue weighted by molar-refractivity contribution is 7.14. The van der Waals surface area contributed by atoms with Crippen molar-refractivity contribution in [2.24, 2.45) is 0 Å². The Hall–Kier alpha value is -2.86. The molecule has 0 aliphatic heterocycles. The topological polar surface area (TPSA) is 60.5 Å². The van der Waals surface area contributed by atoms with E-state index in [9.17, 15) is 4.79 Å². The number of aromatic nitrogens is 1. The number of nitrogens with one attached hydrogen (secondary N) is 1. The van der Waals surface area contributed by atoms with Gasteiger partial charge in [-0.25, -0.2) is 4.98 Å². The number of para-hydroxylation sites is 1. The molecule has 0 aliphatic carbocycles. The Kier molecular flexibility index (Phi) is 7.85. The second kappa shape index (κ2) is 10.8. The molecule has 0 saturated carbocycles. The molecule has 0 saturated heterocycles. The van der Waals surface area contributed by atoms with E-state index in [1.54, 1.807) is 0 Å². The van der Waals surface area contributed by atoms with Crippen molar-refractivity contribution in [2.45, 2.75) is 39.5 Å². The zero-order valence-corrected chi connectivity index (χ0v) is 18.5. The molecule has 2 aromatic carbocycles. The SMILES string of the molecule is CCCCOc1ccc(-c2csc(NC(=O)COc3ccccc3C(C)C)n2)cc1. The molecule has 30 heavy (non-hydrogen) atoms. The maximum atomic E-state index is 12.3. The minimum atomic E-state index is -0.228. The number of rotatable bonds is 10. The van der Waals surface area contributed by atoms with Crippen LogP contribution in [0, 0.1) is 0 Å². The van der Waals surface area contributed by atoms with Gasteiger partial charge in [0.2, 0.25) is 0 Å². The molecular weight excluding hydrogens is 396 g/mol. The third-order valence-electron chi connectivity index (χ3n) is 4.57. The summed E-state index contributed by atoms with van der Waals surface area (Å²) in [4.78, 5) is 16.8. The molecular formula is C24H28N2O3S. The fourth-order valence-corrected chi connectivity index (χ4v) is 3.64. The summed E-state index contributed by atoms with van der Waals surface area (Å²) in [5, 5.41) is 5.30. The average molecular weight is 425 g/mol. The molecule has 3 aromatic rings. The molecule has 0 unspecified atom stereocenters. The van der Waals surface area contributed by atoms with Crippen LogP contribution in [-0.2, 0) is 4.79 Å². The van der Waals surface area contributed by atoms with E-state index in [0.717, 1.165) is 47.8 Å². The number of unbranched alkanes of at least 4 members (excludes halogenated alkanes) is 1. The van der Waals surface area contributed by atoms with E-state index in [1.807, 2.05) is 53.9 Å². The van der Waals surface area contributed by atoms with E-state index in [0.29, 0.717) is 11.0 Å². The normalized spacial score (nSPS) is 10.8. The molecule has 1 amide bonds. The van der Waals surface area contributed by atoms with Gasteiger partial charge in [-0.1, -0.05) is 45.4 Å². The Morgan fingerprint density at radius 2 is 1.87 bits per heavy atom. The Bertz CT molecular complexity index is 951.